The van der Waals surface area contributed by atoms with Gasteiger partial charge in [-0.1, -0.05) is 6.92 Å². The average molecular weight is 438 g/mol. The number of rotatable bonds is 11. The highest BCUT2D eigenvalue weighted by Crippen LogP contribution is 2.29. The van der Waals surface area contributed by atoms with Crippen LogP contribution in [-0.2, 0) is 0 Å². The molecule has 2 heterocycles. The molecule has 2 aliphatic rings. The van der Waals surface area contributed by atoms with Crippen molar-refractivity contribution in [1.29, 1.82) is 0 Å². The first kappa shape index (κ1) is 27.0. The summed E-state index contributed by atoms with van der Waals surface area (Å²) in [4.78, 5) is 2.62. The minimum Gasteiger partial charge on any atom is -0.314 e. The molecule has 0 unspecified atom stereocenters. The van der Waals surface area contributed by atoms with Gasteiger partial charge in [0.2, 0.25) is 0 Å². The summed E-state index contributed by atoms with van der Waals surface area (Å²) in [5.41, 5.74) is 0.892. The molecular formula is C26H55N5. The zero-order chi connectivity index (χ0) is 23.3. The molecule has 0 aliphatic carbocycles. The minimum atomic E-state index is 0.223. The molecule has 5 nitrogen and oxygen atoms in total. The predicted molar refractivity (Wildman–Crippen MR) is 136 cm³/mol. The van der Waals surface area contributed by atoms with Crippen molar-refractivity contribution in [2.45, 2.75) is 135 Å². The van der Waals surface area contributed by atoms with Crippen molar-refractivity contribution in [3.63, 3.8) is 0 Å². The number of piperidine rings is 2. The topological polar surface area (TPSA) is 51.4 Å². The van der Waals surface area contributed by atoms with Crippen LogP contribution in [0.3, 0.4) is 0 Å². The van der Waals surface area contributed by atoms with Gasteiger partial charge in [0, 0.05) is 34.2 Å². The second kappa shape index (κ2) is 10.8. The van der Waals surface area contributed by atoms with Crippen molar-refractivity contribution in [3.05, 3.63) is 0 Å². The van der Waals surface area contributed by atoms with E-state index in [1.54, 1.807) is 0 Å². The first-order chi connectivity index (χ1) is 14.2. The Labute approximate surface area is 194 Å². The summed E-state index contributed by atoms with van der Waals surface area (Å²) in [7, 11) is 0. The Morgan fingerprint density at radius 2 is 0.968 bits per heavy atom. The van der Waals surface area contributed by atoms with Crippen molar-refractivity contribution < 1.29 is 0 Å². The molecule has 0 radical (unpaired) electrons. The van der Waals surface area contributed by atoms with Crippen LogP contribution in [0.1, 0.15) is 101 Å². The lowest BCUT2D eigenvalue weighted by Crippen LogP contribution is -2.61. The normalized spacial score (nSPS) is 25.7. The summed E-state index contributed by atoms with van der Waals surface area (Å²) >= 11 is 0. The lowest BCUT2D eigenvalue weighted by molar-refractivity contribution is 0.144. The van der Waals surface area contributed by atoms with E-state index in [9.17, 15) is 0 Å². The summed E-state index contributed by atoms with van der Waals surface area (Å²) in [6.45, 7) is 26.8. The van der Waals surface area contributed by atoms with Crippen molar-refractivity contribution in [1.82, 2.24) is 26.2 Å². The third-order valence-electron chi connectivity index (χ3n) is 7.00. The molecule has 0 aromatic heterocycles. The van der Waals surface area contributed by atoms with Gasteiger partial charge in [-0.15, -0.1) is 0 Å². The maximum Gasteiger partial charge on any atom is 0.0144 e. The highest BCUT2D eigenvalue weighted by Gasteiger charge is 2.38. The molecule has 31 heavy (non-hydrogen) atoms. The lowest BCUT2D eigenvalue weighted by Gasteiger charge is -2.46. The van der Waals surface area contributed by atoms with E-state index in [4.69, 9.17) is 0 Å². The maximum absolute atomic E-state index is 3.85. The monoisotopic (exact) mass is 437 g/mol. The van der Waals surface area contributed by atoms with Crippen LogP contribution in [0, 0.1) is 0 Å². The van der Waals surface area contributed by atoms with Crippen molar-refractivity contribution in [2.75, 3.05) is 32.7 Å². The second-order valence-electron chi connectivity index (χ2n) is 13.0. The fourth-order valence-electron chi connectivity index (χ4n) is 6.58. The Hall–Kier alpha value is -0.200. The van der Waals surface area contributed by atoms with Gasteiger partial charge in [-0.3, -0.25) is 0 Å². The highest BCUT2D eigenvalue weighted by molar-refractivity contribution is 5.00. The van der Waals surface area contributed by atoms with Crippen LogP contribution >= 0.6 is 0 Å². The zero-order valence-corrected chi connectivity index (χ0v) is 22.4. The van der Waals surface area contributed by atoms with Gasteiger partial charge in [0.05, 0.1) is 0 Å². The summed E-state index contributed by atoms with van der Waals surface area (Å²) in [6, 6.07) is 1.26. The largest absolute Gasteiger partial charge is 0.314 e. The first-order valence-corrected chi connectivity index (χ1v) is 13.0. The van der Waals surface area contributed by atoms with Gasteiger partial charge in [-0.25, -0.2) is 0 Å². The van der Waals surface area contributed by atoms with Crippen LogP contribution in [0.25, 0.3) is 0 Å². The van der Waals surface area contributed by atoms with Crippen LogP contribution < -0.4 is 21.3 Å². The molecule has 2 fully saturated rings. The van der Waals surface area contributed by atoms with E-state index in [0.717, 1.165) is 19.6 Å². The van der Waals surface area contributed by atoms with Crippen LogP contribution in [0.5, 0.6) is 0 Å². The molecule has 0 aromatic rings. The number of hydrogen-bond acceptors (Lipinski definition) is 5. The third kappa shape index (κ3) is 10.1. The molecule has 0 atom stereocenters. The maximum atomic E-state index is 3.85. The van der Waals surface area contributed by atoms with E-state index in [0.29, 0.717) is 12.1 Å². The number of nitrogens with one attached hydrogen (secondary N) is 4. The highest BCUT2D eigenvalue weighted by atomic mass is 15.1. The minimum absolute atomic E-state index is 0.223. The Morgan fingerprint density at radius 1 is 0.645 bits per heavy atom. The molecule has 0 aromatic carbocycles. The summed E-state index contributed by atoms with van der Waals surface area (Å²) in [5.74, 6) is 0. The first-order valence-electron chi connectivity index (χ1n) is 13.0. The third-order valence-corrected chi connectivity index (χ3v) is 7.00. The van der Waals surface area contributed by atoms with Gasteiger partial charge in [0.15, 0.2) is 0 Å². The Balaban J connectivity index is 1.61. The van der Waals surface area contributed by atoms with E-state index in [1.165, 1.54) is 51.6 Å². The van der Waals surface area contributed by atoms with E-state index in [1.807, 2.05) is 0 Å². The average Bonchev–Trinajstić information content (AvgIpc) is 2.54. The molecule has 2 rings (SSSR count). The standard InChI is InChI=1S/C26H55N5/c1-10-31(15-11-13-27-21-17-23(2,3)29-24(4,5)18-21)16-12-14-28-22-19-25(6,7)30-26(8,9)20-22/h21-22,27-30H,10-20H2,1-9H3. The summed E-state index contributed by atoms with van der Waals surface area (Å²) in [5, 5.41) is 15.3. The van der Waals surface area contributed by atoms with Crippen LogP contribution in [-0.4, -0.2) is 71.9 Å². The lowest BCUT2D eigenvalue weighted by atomic mass is 9.79. The van der Waals surface area contributed by atoms with Crippen LogP contribution in [0.15, 0.2) is 0 Å². The molecule has 2 saturated heterocycles. The predicted octanol–water partition coefficient (Wildman–Crippen LogP) is 3.89. The van der Waals surface area contributed by atoms with Crippen molar-refractivity contribution in [2.24, 2.45) is 0 Å². The Kier molecular flexibility index (Phi) is 9.44. The molecule has 0 bridgehead atoms. The Morgan fingerprint density at radius 3 is 1.26 bits per heavy atom. The summed E-state index contributed by atoms with van der Waals surface area (Å²) in [6.07, 6.45) is 7.33. The van der Waals surface area contributed by atoms with Crippen LogP contribution in [0.4, 0.5) is 0 Å². The Bertz CT molecular complexity index is 462. The van der Waals surface area contributed by atoms with Crippen molar-refractivity contribution >= 4 is 0 Å². The van der Waals surface area contributed by atoms with E-state index in [-0.39, 0.29) is 22.2 Å². The fraction of sp³-hybridized carbons (Fsp3) is 1.00. The molecule has 5 heteroatoms. The van der Waals surface area contributed by atoms with Crippen LogP contribution in [0.2, 0.25) is 0 Å². The van der Waals surface area contributed by atoms with E-state index < -0.39 is 0 Å². The van der Waals surface area contributed by atoms with Gasteiger partial charge in [-0.05, 0) is 127 Å². The number of hydrogen-bond donors (Lipinski definition) is 4. The molecule has 184 valence electrons. The molecule has 0 spiro atoms. The smallest absolute Gasteiger partial charge is 0.0144 e. The number of nitrogens with zero attached hydrogens (tertiary/aromatic N) is 1. The second-order valence-corrected chi connectivity index (χ2v) is 13.0. The summed E-state index contributed by atoms with van der Waals surface area (Å²) < 4.78 is 0. The zero-order valence-electron chi connectivity index (χ0n) is 22.4. The molecule has 0 amide bonds. The molecule has 4 N–H and O–H groups in total. The van der Waals surface area contributed by atoms with Gasteiger partial charge in [-0.2, -0.15) is 0 Å². The molecule has 2 aliphatic heterocycles. The van der Waals surface area contributed by atoms with E-state index >= 15 is 0 Å². The SMILES string of the molecule is CCN(CCCNC1CC(C)(C)NC(C)(C)C1)CCCNC1CC(C)(C)NC(C)(C)C1. The van der Waals surface area contributed by atoms with Gasteiger partial charge in [0.25, 0.3) is 0 Å². The molecular weight excluding hydrogens is 382 g/mol. The fourth-order valence-corrected chi connectivity index (χ4v) is 6.58. The molecule has 0 saturated carbocycles. The van der Waals surface area contributed by atoms with Gasteiger partial charge < -0.3 is 26.2 Å². The van der Waals surface area contributed by atoms with Gasteiger partial charge in [0.1, 0.15) is 0 Å². The van der Waals surface area contributed by atoms with E-state index in [2.05, 4.69) is 88.5 Å². The van der Waals surface area contributed by atoms with Gasteiger partial charge >= 0.3 is 0 Å². The quantitative estimate of drug-likeness (QED) is 0.370. The van der Waals surface area contributed by atoms with Crippen molar-refractivity contribution in [3.8, 4) is 0 Å².